The van der Waals surface area contributed by atoms with E-state index in [4.69, 9.17) is 33.2 Å². The number of unbranched alkanes of at least 4 members (excludes halogenated alkanes) is 5. The topological polar surface area (TPSA) is 133 Å². The molecular weight excluding hydrogens is 844 g/mol. The lowest BCUT2D eigenvalue weighted by atomic mass is 9.70. The van der Waals surface area contributed by atoms with E-state index in [9.17, 15) is 23.6 Å². The summed E-state index contributed by atoms with van der Waals surface area (Å²) in [6.45, 7) is 9.55. The Balaban J connectivity index is 0.867. The van der Waals surface area contributed by atoms with E-state index >= 15 is 0 Å². The summed E-state index contributed by atoms with van der Waals surface area (Å²) in [5, 5.41) is 0. The van der Waals surface area contributed by atoms with Gasteiger partial charge in [-0.05, 0) is 181 Å². The minimum Gasteiger partial charge on any atom is -0.494 e. The van der Waals surface area contributed by atoms with Crippen LogP contribution in [0.2, 0.25) is 0 Å². The average Bonchev–Trinajstić information content (AvgIpc) is 3.35. The summed E-state index contributed by atoms with van der Waals surface area (Å²) in [7, 11) is 0. The highest BCUT2D eigenvalue weighted by Crippen LogP contribution is 2.41. The molecule has 0 bridgehead atoms. The van der Waals surface area contributed by atoms with Gasteiger partial charge in [-0.1, -0.05) is 31.4 Å². The lowest BCUT2D eigenvalue weighted by Crippen LogP contribution is -2.31. The van der Waals surface area contributed by atoms with Gasteiger partial charge in [-0.15, -0.1) is 0 Å². The summed E-state index contributed by atoms with van der Waals surface area (Å²) in [4.78, 5) is 47.5. The van der Waals surface area contributed by atoms with Crippen molar-refractivity contribution in [2.24, 2.45) is 17.8 Å². The summed E-state index contributed by atoms with van der Waals surface area (Å²) in [5.41, 5.74) is 2.21. The van der Waals surface area contributed by atoms with Gasteiger partial charge in [0.2, 0.25) is 0 Å². The third-order valence-electron chi connectivity index (χ3n) is 12.5. The first-order valence-electron chi connectivity index (χ1n) is 24.0. The van der Waals surface area contributed by atoms with Gasteiger partial charge >= 0.3 is 23.9 Å². The van der Waals surface area contributed by atoms with Gasteiger partial charge in [-0.2, -0.15) is 0 Å². The maximum Gasteiger partial charge on any atom is 0.343 e. The van der Waals surface area contributed by atoms with Crippen molar-refractivity contribution in [1.82, 2.24) is 0 Å². The molecule has 2 fully saturated rings. The summed E-state index contributed by atoms with van der Waals surface area (Å²) >= 11 is 0. The predicted molar refractivity (Wildman–Crippen MR) is 250 cm³/mol. The second-order valence-electron chi connectivity index (χ2n) is 17.3. The first-order valence-corrected chi connectivity index (χ1v) is 24.0. The molecule has 11 nitrogen and oxygen atoms in total. The summed E-state index contributed by atoms with van der Waals surface area (Å²) in [6, 6.07) is 19.3. The summed E-state index contributed by atoms with van der Waals surface area (Å²) in [5.74, 6) is 0.480. The van der Waals surface area contributed by atoms with E-state index in [0.717, 1.165) is 119 Å². The molecule has 0 saturated heterocycles. The van der Waals surface area contributed by atoms with E-state index in [2.05, 4.69) is 13.2 Å². The standard InChI is InChI=1S/C54H69FO11/c1-3-51(56)63-36-9-6-5-8-33-60-46-26-15-40(16-27-46)13-14-41-17-32-50(49(55)39-41)66-54(59)45-24-30-48(31-25-45)62-35-11-7-10-34-61-47-28-22-43(23-29-47)42-18-20-44(21-19-42)53(58)65-38-12-37-64-52(57)4-2/h3-4,15-17,24-27,30-32,39,42-44,47H,1-2,5-14,18-23,28-29,33-38H2. The average molecular weight is 913 g/mol. The smallest absolute Gasteiger partial charge is 0.343 e. The Morgan fingerprint density at radius 1 is 0.545 bits per heavy atom. The first-order chi connectivity index (χ1) is 32.2. The number of ether oxygens (including phenoxy) is 7. The molecule has 0 atom stereocenters. The van der Waals surface area contributed by atoms with Crippen molar-refractivity contribution in [2.75, 3.05) is 39.6 Å². The molecule has 2 saturated carbocycles. The van der Waals surface area contributed by atoms with E-state index in [1.807, 2.05) is 24.3 Å². The molecule has 0 heterocycles. The molecule has 0 amide bonds. The molecule has 2 aliphatic rings. The summed E-state index contributed by atoms with van der Waals surface area (Å²) < 4.78 is 53.7. The van der Waals surface area contributed by atoms with Crippen LogP contribution in [0.25, 0.3) is 0 Å². The van der Waals surface area contributed by atoms with Crippen molar-refractivity contribution in [2.45, 2.75) is 122 Å². The van der Waals surface area contributed by atoms with Crippen LogP contribution < -0.4 is 14.2 Å². The van der Waals surface area contributed by atoms with Crippen molar-refractivity contribution in [3.05, 3.63) is 115 Å². The van der Waals surface area contributed by atoms with Gasteiger partial charge < -0.3 is 33.2 Å². The van der Waals surface area contributed by atoms with Crippen molar-refractivity contribution in [1.29, 1.82) is 0 Å². The van der Waals surface area contributed by atoms with Gasteiger partial charge in [0.25, 0.3) is 0 Å². The number of benzene rings is 3. The zero-order chi connectivity index (χ0) is 46.8. The highest BCUT2D eigenvalue weighted by molar-refractivity contribution is 5.91. The summed E-state index contributed by atoms with van der Waals surface area (Å²) in [6.07, 6.45) is 19.4. The number of aryl methyl sites for hydroxylation is 2. The zero-order valence-corrected chi connectivity index (χ0v) is 38.6. The maximum absolute atomic E-state index is 15.0. The molecule has 2 aliphatic carbocycles. The van der Waals surface area contributed by atoms with Crippen molar-refractivity contribution in [3.63, 3.8) is 0 Å². The normalized spacial score (nSPS) is 18.1. The Bertz CT molecular complexity index is 1950. The molecule has 66 heavy (non-hydrogen) atoms. The minimum atomic E-state index is -0.641. The lowest BCUT2D eigenvalue weighted by molar-refractivity contribution is -0.150. The highest BCUT2D eigenvalue weighted by Gasteiger charge is 2.33. The number of hydrogen-bond donors (Lipinski definition) is 0. The monoisotopic (exact) mass is 912 g/mol. The molecule has 3 aromatic carbocycles. The Kier molecular flexibility index (Phi) is 22.8. The molecule has 0 N–H and O–H groups in total. The number of carbonyl (C=O) groups is 4. The SMILES string of the molecule is C=CC(=O)OCCCCCCOc1ccc(CCc2ccc(OC(=O)c3ccc(OCCCCCOC4CCC(C5CCC(C(=O)OCCCOC(=O)C=C)CC5)CC4)cc3)c(F)c2)cc1. The van der Waals surface area contributed by atoms with Gasteiger partial charge in [0.15, 0.2) is 11.6 Å². The van der Waals surface area contributed by atoms with Gasteiger partial charge in [0, 0.05) is 25.2 Å². The van der Waals surface area contributed by atoms with Gasteiger partial charge in [-0.25, -0.2) is 18.8 Å². The molecule has 12 heteroatoms. The van der Waals surface area contributed by atoms with Gasteiger partial charge in [-0.3, -0.25) is 4.79 Å². The molecule has 0 spiro atoms. The van der Waals surface area contributed by atoms with Crippen LogP contribution >= 0.6 is 0 Å². The molecule has 0 aromatic heterocycles. The molecule has 358 valence electrons. The predicted octanol–water partition coefficient (Wildman–Crippen LogP) is 11.1. The van der Waals surface area contributed by atoms with Crippen LogP contribution in [-0.2, 0) is 46.2 Å². The van der Waals surface area contributed by atoms with Crippen LogP contribution in [-0.4, -0.2) is 69.6 Å². The second kappa shape index (κ2) is 29.2. The molecule has 0 radical (unpaired) electrons. The molecule has 0 unspecified atom stereocenters. The number of rotatable bonds is 29. The Hall–Kier alpha value is -5.49. The Morgan fingerprint density at radius 2 is 1.05 bits per heavy atom. The van der Waals surface area contributed by atoms with Crippen LogP contribution in [0.3, 0.4) is 0 Å². The third-order valence-corrected chi connectivity index (χ3v) is 12.5. The molecular formula is C54H69FO11. The van der Waals surface area contributed by atoms with Crippen molar-refractivity contribution in [3.8, 4) is 17.2 Å². The van der Waals surface area contributed by atoms with E-state index < -0.39 is 17.8 Å². The number of esters is 4. The molecule has 3 aromatic rings. The third kappa shape index (κ3) is 18.8. The van der Waals surface area contributed by atoms with E-state index in [1.54, 1.807) is 30.3 Å². The second-order valence-corrected chi connectivity index (χ2v) is 17.3. The van der Waals surface area contributed by atoms with Crippen molar-refractivity contribution >= 4 is 23.9 Å². The van der Waals surface area contributed by atoms with Gasteiger partial charge in [0.1, 0.15) is 11.5 Å². The fourth-order valence-electron chi connectivity index (χ4n) is 8.60. The quantitative estimate of drug-likeness (QED) is 0.0217. The maximum atomic E-state index is 15.0. The first kappa shape index (κ1) is 51.5. The van der Waals surface area contributed by atoms with Crippen LogP contribution in [0.1, 0.15) is 124 Å². The van der Waals surface area contributed by atoms with E-state index in [1.165, 1.54) is 31.1 Å². The lowest BCUT2D eigenvalue weighted by Gasteiger charge is -2.37. The fourth-order valence-corrected chi connectivity index (χ4v) is 8.60. The Labute approximate surface area is 390 Å². The molecule has 5 rings (SSSR count). The number of hydrogen-bond acceptors (Lipinski definition) is 11. The number of halogens is 1. The largest absolute Gasteiger partial charge is 0.494 e. The Morgan fingerprint density at radius 3 is 1.65 bits per heavy atom. The number of carbonyl (C=O) groups excluding carboxylic acids is 4. The van der Waals surface area contributed by atoms with Crippen LogP contribution in [0.5, 0.6) is 17.2 Å². The highest BCUT2D eigenvalue weighted by atomic mass is 19.1. The molecule has 0 aliphatic heterocycles. The van der Waals surface area contributed by atoms with E-state index in [-0.39, 0.29) is 36.8 Å². The minimum absolute atomic E-state index is 0.0253. The van der Waals surface area contributed by atoms with Crippen molar-refractivity contribution < 1.29 is 56.7 Å². The van der Waals surface area contributed by atoms with E-state index in [0.29, 0.717) is 61.9 Å². The van der Waals surface area contributed by atoms with Gasteiger partial charge in [0.05, 0.1) is 50.6 Å². The van der Waals surface area contributed by atoms with Crippen LogP contribution in [0.4, 0.5) is 4.39 Å². The van der Waals surface area contributed by atoms with Crippen LogP contribution in [0.15, 0.2) is 92.0 Å². The zero-order valence-electron chi connectivity index (χ0n) is 38.6. The van der Waals surface area contributed by atoms with Crippen LogP contribution in [0, 0.1) is 23.6 Å². The fraction of sp³-hybridized carbons (Fsp3) is 0.519.